The number of imidazole rings is 2. The molecule has 0 fully saturated rings. The number of pyridine rings is 2. The highest BCUT2D eigenvalue weighted by molar-refractivity contribution is 5.98. The second-order valence-corrected chi connectivity index (χ2v) is 7.64. The Hall–Kier alpha value is -4.27. The van der Waals surface area contributed by atoms with E-state index >= 15 is 0 Å². The van der Waals surface area contributed by atoms with E-state index in [0.717, 1.165) is 61.9 Å². The molecule has 0 atom stereocenters. The Labute approximate surface area is 176 Å². The van der Waals surface area contributed by atoms with Crippen molar-refractivity contribution in [3.63, 3.8) is 0 Å². The molecular formula is C22H19N9. The van der Waals surface area contributed by atoms with Crippen LogP contribution in [0.5, 0.6) is 0 Å². The van der Waals surface area contributed by atoms with Gasteiger partial charge in [-0.3, -0.25) is 14.6 Å². The molecule has 152 valence electrons. The Morgan fingerprint density at radius 1 is 0.935 bits per heavy atom. The largest absolute Gasteiger partial charge is 0.353 e. The lowest BCUT2D eigenvalue weighted by Crippen LogP contribution is -1.95. The lowest BCUT2D eigenvalue weighted by molar-refractivity contribution is 0.862. The molecule has 0 aliphatic heterocycles. The molecule has 2 N–H and O–H groups in total. The van der Waals surface area contributed by atoms with Crippen molar-refractivity contribution in [1.29, 1.82) is 0 Å². The Kier molecular flexibility index (Phi) is 3.61. The van der Waals surface area contributed by atoms with E-state index in [1.54, 1.807) is 12.5 Å². The van der Waals surface area contributed by atoms with Crippen LogP contribution in [0.2, 0.25) is 0 Å². The van der Waals surface area contributed by atoms with E-state index in [0.29, 0.717) is 0 Å². The molecule has 0 bridgehead atoms. The Morgan fingerprint density at radius 3 is 2.61 bits per heavy atom. The van der Waals surface area contributed by atoms with Crippen molar-refractivity contribution in [3.05, 3.63) is 60.8 Å². The highest BCUT2D eigenvalue weighted by atomic mass is 15.1. The van der Waals surface area contributed by atoms with Crippen LogP contribution in [0.3, 0.4) is 0 Å². The molecule has 31 heavy (non-hydrogen) atoms. The molecule has 6 rings (SSSR count). The third-order valence-electron chi connectivity index (χ3n) is 5.67. The first kappa shape index (κ1) is 17.6. The number of H-pyrrole nitrogens is 2. The number of rotatable bonds is 3. The monoisotopic (exact) mass is 409 g/mol. The summed E-state index contributed by atoms with van der Waals surface area (Å²) in [7, 11) is 1.99. The highest BCUT2D eigenvalue weighted by Gasteiger charge is 2.16. The standard InChI is InChI=1S/C22H19N9/c1-12-10-31(11-26-12)22-15-7-18(27-16(15)4-5-23-22)21-14-6-17(25-8-19(14)28-29-21)20-9-24-13(2)30(20)3/h4-11,27H,1-3H3,(H,28,29). The average molecular weight is 409 g/mol. The maximum atomic E-state index is 4.59. The van der Waals surface area contributed by atoms with E-state index in [1.165, 1.54) is 0 Å². The van der Waals surface area contributed by atoms with E-state index in [9.17, 15) is 0 Å². The minimum absolute atomic E-state index is 0.827. The van der Waals surface area contributed by atoms with Gasteiger partial charge in [-0.25, -0.2) is 15.0 Å². The van der Waals surface area contributed by atoms with Crippen molar-refractivity contribution < 1.29 is 0 Å². The fourth-order valence-electron chi connectivity index (χ4n) is 3.91. The van der Waals surface area contributed by atoms with E-state index in [4.69, 9.17) is 0 Å². The first-order chi connectivity index (χ1) is 15.1. The molecule has 0 aromatic carbocycles. The third-order valence-corrected chi connectivity index (χ3v) is 5.67. The van der Waals surface area contributed by atoms with Crippen LogP contribution in [-0.4, -0.2) is 44.3 Å². The number of aromatic nitrogens is 9. The Bertz CT molecular complexity index is 1580. The van der Waals surface area contributed by atoms with Gasteiger partial charge >= 0.3 is 0 Å². The summed E-state index contributed by atoms with van der Waals surface area (Å²) < 4.78 is 3.96. The van der Waals surface area contributed by atoms with Crippen LogP contribution in [0.1, 0.15) is 11.5 Å². The molecule has 0 radical (unpaired) electrons. The van der Waals surface area contributed by atoms with E-state index < -0.39 is 0 Å². The molecule has 9 nitrogen and oxygen atoms in total. The number of aryl methyl sites for hydroxylation is 2. The summed E-state index contributed by atoms with van der Waals surface area (Å²) in [6.07, 6.45) is 9.20. The van der Waals surface area contributed by atoms with Crippen LogP contribution in [0, 0.1) is 13.8 Å². The van der Waals surface area contributed by atoms with Gasteiger partial charge in [-0.05, 0) is 32.0 Å². The Balaban J connectivity index is 1.52. The fraction of sp³-hybridized carbons (Fsp3) is 0.136. The number of nitrogens with zero attached hydrogens (tertiary/aromatic N) is 7. The molecule has 0 aliphatic carbocycles. The van der Waals surface area contributed by atoms with E-state index in [-0.39, 0.29) is 0 Å². The van der Waals surface area contributed by atoms with Crippen molar-refractivity contribution in [1.82, 2.24) is 44.3 Å². The molecule has 0 unspecified atom stereocenters. The Morgan fingerprint density at radius 2 is 1.84 bits per heavy atom. The smallest absolute Gasteiger partial charge is 0.147 e. The molecule has 9 heteroatoms. The molecule has 6 aromatic rings. The van der Waals surface area contributed by atoms with Crippen LogP contribution in [-0.2, 0) is 7.05 Å². The van der Waals surface area contributed by atoms with Gasteiger partial charge in [0.25, 0.3) is 0 Å². The maximum absolute atomic E-state index is 4.59. The zero-order valence-corrected chi connectivity index (χ0v) is 17.2. The van der Waals surface area contributed by atoms with Crippen LogP contribution in [0.4, 0.5) is 0 Å². The normalized spacial score (nSPS) is 11.7. The highest BCUT2D eigenvalue weighted by Crippen LogP contribution is 2.32. The molecule has 0 spiro atoms. The summed E-state index contributed by atoms with van der Waals surface area (Å²) in [6.45, 7) is 3.94. The average Bonchev–Trinajstić information content (AvgIpc) is 3.54. The van der Waals surface area contributed by atoms with Gasteiger partial charge in [0.2, 0.25) is 0 Å². The van der Waals surface area contributed by atoms with Gasteiger partial charge < -0.3 is 9.55 Å². The SMILES string of the molecule is Cc1cn(-c2nccc3[nH]c(-c4n[nH]c5cnc(-c6cnc(C)n6C)cc45)cc23)cn1. The first-order valence-corrected chi connectivity index (χ1v) is 9.90. The zero-order valence-electron chi connectivity index (χ0n) is 17.2. The maximum Gasteiger partial charge on any atom is 0.147 e. The van der Waals surface area contributed by atoms with Gasteiger partial charge in [0, 0.05) is 30.2 Å². The number of hydrogen-bond acceptors (Lipinski definition) is 5. The van der Waals surface area contributed by atoms with Crippen molar-refractivity contribution in [3.8, 4) is 28.6 Å². The molecule has 0 amide bonds. The van der Waals surface area contributed by atoms with Gasteiger partial charge in [-0.2, -0.15) is 5.10 Å². The quantitative estimate of drug-likeness (QED) is 0.464. The predicted octanol–water partition coefficient (Wildman–Crippen LogP) is 3.70. The molecule has 0 saturated heterocycles. The molecular weight excluding hydrogens is 390 g/mol. The minimum Gasteiger partial charge on any atom is -0.353 e. The zero-order chi connectivity index (χ0) is 21.1. The van der Waals surface area contributed by atoms with Crippen molar-refractivity contribution in [2.45, 2.75) is 13.8 Å². The molecule has 0 saturated carbocycles. The first-order valence-electron chi connectivity index (χ1n) is 9.90. The molecule has 0 aliphatic rings. The molecule has 6 aromatic heterocycles. The summed E-state index contributed by atoms with van der Waals surface area (Å²) in [5.41, 5.74) is 6.36. The topological polar surface area (TPSA) is 106 Å². The predicted molar refractivity (Wildman–Crippen MR) is 118 cm³/mol. The number of aromatic amines is 2. The summed E-state index contributed by atoms with van der Waals surface area (Å²) in [4.78, 5) is 21.4. The van der Waals surface area contributed by atoms with E-state index in [2.05, 4.69) is 47.2 Å². The van der Waals surface area contributed by atoms with Crippen molar-refractivity contribution >= 4 is 21.8 Å². The number of hydrogen-bond donors (Lipinski definition) is 2. The lowest BCUT2D eigenvalue weighted by atomic mass is 10.1. The molecule has 6 heterocycles. The lowest BCUT2D eigenvalue weighted by Gasteiger charge is -2.03. The van der Waals surface area contributed by atoms with Gasteiger partial charge in [0.05, 0.1) is 46.2 Å². The summed E-state index contributed by atoms with van der Waals surface area (Å²) in [5.74, 6) is 1.77. The minimum atomic E-state index is 0.827. The fourth-order valence-corrected chi connectivity index (χ4v) is 3.91. The van der Waals surface area contributed by atoms with Crippen molar-refractivity contribution in [2.75, 3.05) is 0 Å². The van der Waals surface area contributed by atoms with Gasteiger partial charge in [-0.15, -0.1) is 0 Å². The van der Waals surface area contributed by atoms with Crippen LogP contribution < -0.4 is 0 Å². The summed E-state index contributed by atoms with van der Waals surface area (Å²) in [5, 5.41) is 9.66. The van der Waals surface area contributed by atoms with Gasteiger partial charge in [0.1, 0.15) is 23.7 Å². The van der Waals surface area contributed by atoms with E-state index in [1.807, 2.05) is 54.7 Å². The number of fused-ring (bicyclic) bond motifs is 2. The number of nitrogens with one attached hydrogen (secondary N) is 2. The van der Waals surface area contributed by atoms with Crippen LogP contribution in [0.15, 0.2) is 49.3 Å². The van der Waals surface area contributed by atoms with Gasteiger partial charge in [0.15, 0.2) is 0 Å². The van der Waals surface area contributed by atoms with Crippen LogP contribution >= 0.6 is 0 Å². The second-order valence-electron chi connectivity index (χ2n) is 7.64. The third kappa shape index (κ3) is 2.67. The summed E-state index contributed by atoms with van der Waals surface area (Å²) >= 11 is 0. The summed E-state index contributed by atoms with van der Waals surface area (Å²) in [6, 6.07) is 6.10. The van der Waals surface area contributed by atoms with Crippen LogP contribution in [0.25, 0.3) is 50.4 Å². The van der Waals surface area contributed by atoms with Crippen molar-refractivity contribution in [2.24, 2.45) is 7.05 Å². The van der Waals surface area contributed by atoms with Gasteiger partial charge in [-0.1, -0.05) is 0 Å². The second kappa shape index (κ2) is 6.36.